The summed E-state index contributed by atoms with van der Waals surface area (Å²) in [4.78, 5) is 17.2. The van der Waals surface area contributed by atoms with Gasteiger partial charge in [0.05, 0.1) is 4.88 Å². The Bertz CT molecular complexity index is 473. The molecule has 1 fully saturated rings. The molecule has 0 saturated carbocycles. The number of nitrogens with one attached hydrogen (secondary N) is 1. The van der Waals surface area contributed by atoms with E-state index < -0.39 is 0 Å². The molecule has 1 aliphatic carbocycles. The molecule has 0 radical (unpaired) electrons. The molecular formula is C16H24N2OS. The lowest BCUT2D eigenvalue weighted by atomic mass is 10.1. The van der Waals surface area contributed by atoms with Crippen LogP contribution in [0.5, 0.6) is 0 Å². The molecule has 1 amide bonds. The monoisotopic (exact) mass is 292 g/mol. The molecule has 1 aromatic heterocycles. The number of nitrogens with zero attached hydrogens (tertiary/aromatic N) is 1. The number of carbonyl (C=O) groups excluding carboxylic acids is 1. The summed E-state index contributed by atoms with van der Waals surface area (Å²) in [5, 5.41) is 3.43. The molecule has 2 atom stereocenters. The molecule has 0 bridgehead atoms. The molecule has 110 valence electrons. The van der Waals surface area contributed by atoms with Crippen LogP contribution in [0.15, 0.2) is 6.07 Å². The van der Waals surface area contributed by atoms with Gasteiger partial charge in [0.25, 0.3) is 5.91 Å². The van der Waals surface area contributed by atoms with Crippen LogP contribution in [0, 0.1) is 0 Å². The van der Waals surface area contributed by atoms with Crippen molar-refractivity contribution in [1.82, 2.24) is 10.2 Å². The predicted octanol–water partition coefficient (Wildman–Crippen LogP) is 2.84. The van der Waals surface area contributed by atoms with Gasteiger partial charge < -0.3 is 10.2 Å². The molecule has 2 heterocycles. The van der Waals surface area contributed by atoms with Crippen LogP contribution < -0.4 is 5.32 Å². The molecule has 4 heteroatoms. The fourth-order valence-corrected chi connectivity index (χ4v) is 4.47. The second kappa shape index (κ2) is 5.86. The van der Waals surface area contributed by atoms with Crippen LogP contribution in [0.3, 0.4) is 0 Å². The molecule has 3 nitrogen and oxygen atoms in total. The maximum Gasteiger partial charge on any atom is 0.264 e. The van der Waals surface area contributed by atoms with Crippen molar-refractivity contribution in [2.75, 3.05) is 13.1 Å². The second-order valence-corrected chi connectivity index (χ2v) is 7.24. The van der Waals surface area contributed by atoms with Crippen molar-refractivity contribution in [3.05, 3.63) is 21.4 Å². The van der Waals surface area contributed by atoms with Gasteiger partial charge in [0.1, 0.15) is 0 Å². The molecule has 2 aliphatic rings. The topological polar surface area (TPSA) is 32.3 Å². The van der Waals surface area contributed by atoms with Crippen molar-refractivity contribution in [1.29, 1.82) is 0 Å². The number of rotatable bonds is 1. The average molecular weight is 292 g/mol. The third kappa shape index (κ3) is 2.63. The van der Waals surface area contributed by atoms with E-state index in [1.165, 1.54) is 36.1 Å². The molecule has 1 aromatic rings. The maximum absolute atomic E-state index is 12.8. The summed E-state index contributed by atoms with van der Waals surface area (Å²) in [5.41, 5.74) is 1.44. The van der Waals surface area contributed by atoms with Gasteiger partial charge in [-0.15, -0.1) is 11.3 Å². The maximum atomic E-state index is 12.8. The SMILES string of the molecule is CC1NCCN(C(=O)c2cc3c(s2)CCCCC3)C1C. The zero-order valence-corrected chi connectivity index (χ0v) is 13.3. The molecule has 0 spiro atoms. The van der Waals surface area contributed by atoms with Crippen molar-refractivity contribution in [3.63, 3.8) is 0 Å². The number of thiophene rings is 1. The van der Waals surface area contributed by atoms with Gasteiger partial charge in [-0.1, -0.05) is 6.42 Å². The molecule has 1 N–H and O–H groups in total. The largest absolute Gasteiger partial charge is 0.332 e. The highest BCUT2D eigenvalue weighted by atomic mass is 32.1. The highest BCUT2D eigenvalue weighted by Crippen LogP contribution is 2.30. The number of carbonyl (C=O) groups is 1. The highest BCUT2D eigenvalue weighted by Gasteiger charge is 2.30. The van der Waals surface area contributed by atoms with Gasteiger partial charge in [-0.2, -0.15) is 0 Å². The van der Waals surface area contributed by atoms with E-state index in [2.05, 4.69) is 25.2 Å². The standard InChI is InChI=1S/C16H24N2OS/c1-11-12(2)18(9-8-17-11)16(19)15-10-13-6-4-3-5-7-14(13)20-15/h10-12,17H,3-9H2,1-2H3. The summed E-state index contributed by atoms with van der Waals surface area (Å²) >= 11 is 1.74. The molecule has 1 aliphatic heterocycles. The summed E-state index contributed by atoms with van der Waals surface area (Å²) in [6.45, 7) is 6.04. The fraction of sp³-hybridized carbons (Fsp3) is 0.688. The molecule has 1 saturated heterocycles. The van der Waals surface area contributed by atoms with Crippen LogP contribution in [-0.4, -0.2) is 36.0 Å². The van der Waals surface area contributed by atoms with Crippen LogP contribution >= 0.6 is 11.3 Å². The van der Waals surface area contributed by atoms with Crippen molar-refractivity contribution < 1.29 is 4.79 Å². The van der Waals surface area contributed by atoms with Crippen LogP contribution in [0.4, 0.5) is 0 Å². The quantitative estimate of drug-likeness (QED) is 0.807. The van der Waals surface area contributed by atoms with Crippen molar-refractivity contribution in [2.45, 2.75) is 58.0 Å². The Morgan fingerprint density at radius 1 is 1.30 bits per heavy atom. The van der Waals surface area contributed by atoms with E-state index >= 15 is 0 Å². The van der Waals surface area contributed by atoms with Gasteiger partial charge in [0, 0.05) is 30.1 Å². The third-order valence-corrected chi connectivity index (χ3v) is 5.98. The lowest BCUT2D eigenvalue weighted by Crippen LogP contribution is -2.57. The zero-order chi connectivity index (χ0) is 14.1. The van der Waals surface area contributed by atoms with Crippen LogP contribution in [0.25, 0.3) is 0 Å². The minimum Gasteiger partial charge on any atom is -0.332 e. The van der Waals surface area contributed by atoms with E-state index in [1.54, 1.807) is 11.3 Å². The van der Waals surface area contributed by atoms with E-state index in [0.717, 1.165) is 24.4 Å². The fourth-order valence-electron chi connectivity index (χ4n) is 3.26. The normalized spacial score (nSPS) is 27.0. The van der Waals surface area contributed by atoms with E-state index in [-0.39, 0.29) is 11.9 Å². The summed E-state index contributed by atoms with van der Waals surface area (Å²) in [5.74, 6) is 0.240. The first-order chi connectivity index (χ1) is 9.66. The minimum absolute atomic E-state index is 0.240. The molecular weight excluding hydrogens is 268 g/mol. The average Bonchev–Trinajstić information content (AvgIpc) is 2.72. The van der Waals surface area contributed by atoms with Gasteiger partial charge >= 0.3 is 0 Å². The first-order valence-electron chi connectivity index (χ1n) is 7.83. The van der Waals surface area contributed by atoms with E-state index in [0.29, 0.717) is 6.04 Å². The number of hydrogen-bond acceptors (Lipinski definition) is 3. The number of fused-ring (bicyclic) bond motifs is 1. The summed E-state index contributed by atoms with van der Waals surface area (Å²) in [6.07, 6.45) is 6.21. The predicted molar refractivity (Wildman–Crippen MR) is 83.5 cm³/mol. The van der Waals surface area contributed by atoms with Gasteiger partial charge in [-0.25, -0.2) is 0 Å². The van der Waals surface area contributed by atoms with Crippen LogP contribution in [0.2, 0.25) is 0 Å². The van der Waals surface area contributed by atoms with Gasteiger partial charge in [0.15, 0.2) is 0 Å². The minimum atomic E-state index is 0.240. The number of piperazine rings is 1. The second-order valence-electron chi connectivity index (χ2n) is 6.10. The summed E-state index contributed by atoms with van der Waals surface area (Å²) in [7, 11) is 0. The molecule has 2 unspecified atom stereocenters. The Balaban J connectivity index is 1.80. The lowest BCUT2D eigenvalue weighted by Gasteiger charge is -2.38. The van der Waals surface area contributed by atoms with Crippen molar-refractivity contribution >= 4 is 17.2 Å². The first kappa shape index (κ1) is 14.1. The number of hydrogen-bond donors (Lipinski definition) is 1. The molecule has 20 heavy (non-hydrogen) atoms. The highest BCUT2D eigenvalue weighted by molar-refractivity contribution is 7.14. The smallest absolute Gasteiger partial charge is 0.264 e. The van der Waals surface area contributed by atoms with Gasteiger partial charge in [-0.05, 0) is 51.2 Å². The van der Waals surface area contributed by atoms with Crippen LogP contribution in [-0.2, 0) is 12.8 Å². The Morgan fingerprint density at radius 2 is 2.10 bits per heavy atom. The van der Waals surface area contributed by atoms with Gasteiger partial charge in [0.2, 0.25) is 0 Å². The first-order valence-corrected chi connectivity index (χ1v) is 8.64. The number of amides is 1. The molecule has 3 rings (SSSR count). The third-order valence-electron chi connectivity index (χ3n) is 4.75. The van der Waals surface area contributed by atoms with Gasteiger partial charge in [-0.3, -0.25) is 4.79 Å². The van der Waals surface area contributed by atoms with E-state index in [9.17, 15) is 4.79 Å². The zero-order valence-electron chi connectivity index (χ0n) is 12.4. The summed E-state index contributed by atoms with van der Waals surface area (Å²) in [6, 6.07) is 2.83. The number of aryl methyl sites for hydroxylation is 2. The summed E-state index contributed by atoms with van der Waals surface area (Å²) < 4.78 is 0. The van der Waals surface area contributed by atoms with Crippen molar-refractivity contribution in [2.24, 2.45) is 0 Å². The van der Waals surface area contributed by atoms with Crippen molar-refractivity contribution in [3.8, 4) is 0 Å². The van der Waals surface area contributed by atoms with E-state index in [1.807, 2.05) is 4.90 Å². The Morgan fingerprint density at radius 3 is 2.95 bits per heavy atom. The Hall–Kier alpha value is -0.870. The Kier molecular flexibility index (Phi) is 4.13. The van der Waals surface area contributed by atoms with Crippen LogP contribution in [0.1, 0.15) is 53.2 Å². The van der Waals surface area contributed by atoms with E-state index in [4.69, 9.17) is 0 Å². The Labute approximate surface area is 125 Å². The lowest BCUT2D eigenvalue weighted by molar-refractivity contribution is 0.0608. The molecule has 0 aromatic carbocycles.